The SMILES string of the molecule is CC#COc1ccc2c(c1F)Oc1c(cc(C#Cc3ccc(C4=CCC(CCCCC)CO4)c(F)c3F)c(F)c1F)C2. The Morgan fingerprint density at radius 1 is 0.857 bits per heavy atom. The maximum absolute atomic E-state index is 15.0. The van der Waals surface area contributed by atoms with Gasteiger partial charge in [0.1, 0.15) is 11.9 Å². The molecule has 0 spiro atoms. The van der Waals surface area contributed by atoms with Gasteiger partial charge in [0, 0.05) is 24.5 Å². The molecule has 5 rings (SSSR count). The molecule has 0 radical (unpaired) electrons. The third kappa shape index (κ3) is 5.81. The second kappa shape index (κ2) is 12.6. The average Bonchev–Trinajstić information content (AvgIpc) is 3.00. The van der Waals surface area contributed by atoms with Crippen molar-refractivity contribution in [1.82, 2.24) is 0 Å². The molecular formula is C34H27F5O3. The van der Waals surface area contributed by atoms with E-state index < -0.39 is 34.8 Å². The number of allylic oxidation sites excluding steroid dienone is 1. The molecule has 1 unspecified atom stereocenters. The summed E-state index contributed by atoms with van der Waals surface area (Å²) in [4.78, 5) is 0. The highest BCUT2D eigenvalue weighted by Gasteiger charge is 2.29. The van der Waals surface area contributed by atoms with Gasteiger partial charge in [-0.2, -0.15) is 8.78 Å². The summed E-state index contributed by atoms with van der Waals surface area (Å²) in [6, 6.07) is 6.76. The third-order valence-corrected chi connectivity index (χ3v) is 7.24. The van der Waals surface area contributed by atoms with Crippen LogP contribution in [0.4, 0.5) is 22.0 Å². The van der Waals surface area contributed by atoms with Crippen molar-refractivity contribution >= 4 is 5.76 Å². The fourth-order valence-corrected chi connectivity index (χ4v) is 4.97. The zero-order valence-electron chi connectivity index (χ0n) is 23.1. The second-order valence-corrected chi connectivity index (χ2v) is 10.2. The van der Waals surface area contributed by atoms with Crippen LogP contribution in [0.5, 0.6) is 17.2 Å². The van der Waals surface area contributed by atoms with Crippen molar-refractivity contribution in [2.24, 2.45) is 5.92 Å². The Labute approximate surface area is 241 Å². The second-order valence-electron chi connectivity index (χ2n) is 10.2. The van der Waals surface area contributed by atoms with Crippen LogP contribution in [0.1, 0.15) is 73.8 Å². The van der Waals surface area contributed by atoms with Crippen LogP contribution in [-0.2, 0) is 11.2 Å². The van der Waals surface area contributed by atoms with Gasteiger partial charge in [-0.1, -0.05) is 50.0 Å². The van der Waals surface area contributed by atoms with Crippen molar-refractivity contribution in [3.05, 3.63) is 93.3 Å². The Kier molecular flexibility index (Phi) is 8.73. The molecule has 0 aliphatic carbocycles. The van der Waals surface area contributed by atoms with Gasteiger partial charge < -0.3 is 14.2 Å². The van der Waals surface area contributed by atoms with Crippen LogP contribution in [0.2, 0.25) is 0 Å². The van der Waals surface area contributed by atoms with Gasteiger partial charge in [0.2, 0.25) is 11.6 Å². The normalized spacial score (nSPS) is 15.0. The van der Waals surface area contributed by atoms with Crippen LogP contribution in [0.15, 0.2) is 36.4 Å². The van der Waals surface area contributed by atoms with E-state index in [-0.39, 0.29) is 45.9 Å². The smallest absolute Gasteiger partial charge is 0.209 e. The molecule has 2 aliphatic rings. The molecule has 3 aromatic carbocycles. The Morgan fingerprint density at radius 3 is 2.36 bits per heavy atom. The standard InChI is InChI=1S/C34H27F5O3/c1-3-5-6-7-20-8-14-26(41-19-20)25-13-11-21(28(35)30(25)37)9-10-22-17-24-18-23-12-15-27(40-16-4-2)31(38)33(23)42-34(24)32(39)29(22)36/h11-15,17,20H,3,5-8,18-19H2,1-2H3. The van der Waals surface area contributed by atoms with E-state index in [9.17, 15) is 17.6 Å². The number of rotatable bonds is 6. The number of unbranched alkanes of at least 4 members (excludes halogenated alkanes) is 2. The third-order valence-electron chi connectivity index (χ3n) is 7.24. The average molecular weight is 579 g/mol. The first-order valence-corrected chi connectivity index (χ1v) is 13.7. The van der Waals surface area contributed by atoms with Crippen molar-refractivity contribution in [1.29, 1.82) is 0 Å². The van der Waals surface area contributed by atoms with E-state index in [4.69, 9.17) is 14.2 Å². The minimum Gasteiger partial charge on any atom is -0.493 e. The lowest BCUT2D eigenvalue weighted by Crippen LogP contribution is -2.14. The van der Waals surface area contributed by atoms with Gasteiger partial charge in [-0.15, -0.1) is 0 Å². The van der Waals surface area contributed by atoms with Crippen LogP contribution >= 0.6 is 0 Å². The Bertz CT molecular complexity index is 1690. The van der Waals surface area contributed by atoms with Crippen LogP contribution in [-0.4, -0.2) is 6.61 Å². The zero-order chi connectivity index (χ0) is 29.8. The first-order valence-electron chi connectivity index (χ1n) is 13.7. The topological polar surface area (TPSA) is 27.7 Å². The van der Waals surface area contributed by atoms with Crippen molar-refractivity contribution < 1.29 is 36.2 Å². The van der Waals surface area contributed by atoms with Crippen LogP contribution < -0.4 is 9.47 Å². The molecule has 3 nitrogen and oxygen atoms in total. The van der Waals surface area contributed by atoms with E-state index in [0.29, 0.717) is 24.5 Å². The molecule has 216 valence electrons. The molecule has 2 heterocycles. The molecule has 8 heteroatoms. The fraction of sp³-hybridized carbons (Fsp3) is 0.294. The molecule has 0 aromatic heterocycles. The highest BCUT2D eigenvalue weighted by Crippen LogP contribution is 2.43. The van der Waals surface area contributed by atoms with Gasteiger partial charge >= 0.3 is 0 Å². The largest absolute Gasteiger partial charge is 0.493 e. The van der Waals surface area contributed by atoms with E-state index in [0.717, 1.165) is 25.7 Å². The van der Waals surface area contributed by atoms with Crippen molar-refractivity contribution in [3.8, 4) is 41.1 Å². The first kappa shape index (κ1) is 29.1. The Morgan fingerprint density at radius 2 is 1.62 bits per heavy atom. The minimum absolute atomic E-state index is 0.0134. The predicted molar refractivity (Wildman–Crippen MR) is 148 cm³/mol. The molecule has 0 bridgehead atoms. The summed E-state index contributed by atoms with van der Waals surface area (Å²) < 4.78 is 90.9. The maximum atomic E-state index is 15.0. The Hall–Kier alpha value is -4.43. The maximum Gasteiger partial charge on any atom is 0.209 e. The summed E-state index contributed by atoms with van der Waals surface area (Å²) >= 11 is 0. The Balaban J connectivity index is 1.38. The highest BCUT2D eigenvalue weighted by atomic mass is 19.2. The number of hydrogen-bond acceptors (Lipinski definition) is 3. The summed E-state index contributed by atoms with van der Waals surface area (Å²) in [6.07, 6.45) is 9.16. The van der Waals surface area contributed by atoms with Gasteiger partial charge in [0.05, 0.1) is 23.3 Å². The summed E-state index contributed by atoms with van der Waals surface area (Å²) in [5.74, 6) is 0.909. The molecule has 0 fully saturated rings. The van der Waals surface area contributed by atoms with E-state index in [2.05, 4.69) is 30.8 Å². The van der Waals surface area contributed by atoms with Gasteiger partial charge in [0.15, 0.2) is 34.7 Å². The number of fused-ring (bicyclic) bond motifs is 2. The monoisotopic (exact) mass is 578 g/mol. The van der Waals surface area contributed by atoms with Crippen molar-refractivity contribution in [2.75, 3.05) is 6.61 Å². The molecule has 0 saturated heterocycles. The first-order chi connectivity index (χ1) is 20.3. The molecule has 0 saturated carbocycles. The van der Waals surface area contributed by atoms with E-state index in [1.807, 2.05) is 0 Å². The summed E-state index contributed by atoms with van der Waals surface area (Å²) in [5.41, 5.74) is -0.142. The van der Waals surface area contributed by atoms with Crippen molar-refractivity contribution in [2.45, 2.75) is 52.4 Å². The van der Waals surface area contributed by atoms with Gasteiger partial charge in [-0.05, 0) is 49.1 Å². The minimum atomic E-state index is -1.38. The van der Waals surface area contributed by atoms with E-state index in [1.54, 1.807) is 6.08 Å². The fourth-order valence-electron chi connectivity index (χ4n) is 4.97. The van der Waals surface area contributed by atoms with Crippen LogP contribution in [0.3, 0.4) is 0 Å². The lowest BCUT2D eigenvalue weighted by molar-refractivity contribution is 0.190. The van der Waals surface area contributed by atoms with E-state index >= 15 is 4.39 Å². The molecule has 42 heavy (non-hydrogen) atoms. The van der Waals surface area contributed by atoms with Gasteiger partial charge in [-0.3, -0.25) is 0 Å². The number of hydrogen-bond donors (Lipinski definition) is 0. The number of benzene rings is 3. The van der Waals surface area contributed by atoms with E-state index in [1.165, 1.54) is 37.3 Å². The number of halogens is 5. The lowest BCUT2D eigenvalue weighted by Gasteiger charge is -2.23. The lowest BCUT2D eigenvalue weighted by atomic mass is 9.95. The quantitative estimate of drug-likeness (QED) is 0.130. The van der Waals surface area contributed by atoms with Crippen LogP contribution in [0.25, 0.3) is 5.76 Å². The molecule has 0 N–H and O–H groups in total. The van der Waals surface area contributed by atoms with Crippen LogP contribution in [0, 0.1) is 58.9 Å². The highest BCUT2D eigenvalue weighted by molar-refractivity contribution is 5.63. The van der Waals surface area contributed by atoms with Gasteiger partial charge in [0.25, 0.3) is 0 Å². The predicted octanol–water partition coefficient (Wildman–Crippen LogP) is 8.80. The van der Waals surface area contributed by atoms with Gasteiger partial charge in [-0.25, -0.2) is 13.2 Å². The summed E-state index contributed by atoms with van der Waals surface area (Å²) in [5, 5.41) is 0. The molecule has 3 aromatic rings. The molecular weight excluding hydrogens is 551 g/mol. The molecule has 2 aliphatic heterocycles. The summed E-state index contributed by atoms with van der Waals surface area (Å²) in [6.45, 7) is 4.08. The summed E-state index contributed by atoms with van der Waals surface area (Å²) in [7, 11) is 0. The molecule has 1 atom stereocenters. The number of ether oxygens (including phenoxy) is 3. The zero-order valence-corrected chi connectivity index (χ0v) is 23.1. The van der Waals surface area contributed by atoms with Crippen molar-refractivity contribution in [3.63, 3.8) is 0 Å². The molecule has 0 amide bonds.